The quantitative estimate of drug-likeness (QED) is 0.812. The Kier molecular flexibility index (Phi) is 4.63. The van der Waals surface area contributed by atoms with Crippen LogP contribution in [0.4, 0.5) is 0 Å². The fourth-order valence-electron chi connectivity index (χ4n) is 2.42. The molecule has 1 atom stereocenters. The maximum absolute atomic E-state index is 12.2. The number of benzene rings is 1. The summed E-state index contributed by atoms with van der Waals surface area (Å²) in [4.78, 5) is 23.8. The summed E-state index contributed by atoms with van der Waals surface area (Å²) >= 11 is 0. The van der Waals surface area contributed by atoms with E-state index in [0.29, 0.717) is 13.0 Å². The van der Waals surface area contributed by atoms with E-state index in [9.17, 15) is 9.59 Å². The second-order valence-electron chi connectivity index (χ2n) is 6.00. The Morgan fingerprint density at radius 1 is 1.33 bits per heavy atom. The fourth-order valence-corrected chi connectivity index (χ4v) is 2.42. The van der Waals surface area contributed by atoms with Crippen molar-refractivity contribution in [2.75, 3.05) is 13.7 Å². The summed E-state index contributed by atoms with van der Waals surface area (Å²) in [7, 11) is 1.35. The van der Waals surface area contributed by atoms with Gasteiger partial charge in [-0.1, -0.05) is 24.3 Å². The van der Waals surface area contributed by atoms with Gasteiger partial charge in [-0.3, -0.25) is 9.59 Å². The first-order valence-electron chi connectivity index (χ1n) is 7.10. The molecule has 1 unspecified atom stereocenters. The summed E-state index contributed by atoms with van der Waals surface area (Å²) < 4.78 is 4.73. The lowest BCUT2D eigenvalue weighted by atomic mass is 9.92. The minimum Gasteiger partial charge on any atom is -0.469 e. The molecule has 2 N–H and O–H groups in total. The molecule has 0 saturated carbocycles. The van der Waals surface area contributed by atoms with Crippen molar-refractivity contribution in [3.05, 3.63) is 35.4 Å². The highest BCUT2D eigenvalue weighted by Gasteiger charge is 2.31. The molecule has 0 spiro atoms. The van der Waals surface area contributed by atoms with Crippen LogP contribution in [-0.4, -0.2) is 31.6 Å². The second kappa shape index (κ2) is 6.26. The van der Waals surface area contributed by atoms with Crippen molar-refractivity contribution in [2.24, 2.45) is 5.41 Å². The molecule has 1 aliphatic heterocycles. The number of fused-ring (bicyclic) bond motifs is 1. The third-order valence-corrected chi connectivity index (χ3v) is 3.84. The number of ether oxygens (including phenoxy) is 1. The molecular weight excluding hydrogens is 268 g/mol. The standard InChI is InChI=1S/C16H22N2O3/c1-16(2,15(20)21-3)10-18-14(19)13-8-11-6-4-5-7-12(11)9-17-13/h4-7,13,17H,8-10H2,1-3H3,(H,18,19). The highest BCUT2D eigenvalue weighted by molar-refractivity contribution is 5.83. The Labute approximate surface area is 125 Å². The molecule has 0 radical (unpaired) electrons. The van der Waals surface area contributed by atoms with E-state index in [4.69, 9.17) is 4.74 Å². The zero-order chi connectivity index (χ0) is 15.5. The van der Waals surface area contributed by atoms with E-state index in [0.717, 1.165) is 0 Å². The average molecular weight is 290 g/mol. The van der Waals surface area contributed by atoms with Crippen molar-refractivity contribution in [1.29, 1.82) is 0 Å². The molecule has 114 valence electrons. The first-order valence-corrected chi connectivity index (χ1v) is 7.10. The molecule has 21 heavy (non-hydrogen) atoms. The molecule has 0 bridgehead atoms. The summed E-state index contributed by atoms with van der Waals surface area (Å²) in [5.41, 5.74) is 1.71. The number of carbonyl (C=O) groups excluding carboxylic acids is 2. The number of methoxy groups -OCH3 is 1. The minimum absolute atomic E-state index is 0.0820. The second-order valence-corrected chi connectivity index (χ2v) is 6.00. The first-order chi connectivity index (χ1) is 9.94. The van der Waals surface area contributed by atoms with Crippen molar-refractivity contribution in [2.45, 2.75) is 32.9 Å². The van der Waals surface area contributed by atoms with Crippen LogP contribution in [0.3, 0.4) is 0 Å². The maximum Gasteiger partial charge on any atom is 0.313 e. The molecule has 1 aliphatic rings. The smallest absolute Gasteiger partial charge is 0.313 e. The van der Waals surface area contributed by atoms with Crippen LogP contribution in [-0.2, 0) is 27.3 Å². The molecule has 2 rings (SSSR count). The Bertz CT molecular complexity index is 540. The number of nitrogens with one attached hydrogen (secondary N) is 2. The Hall–Kier alpha value is -1.88. The molecule has 0 aromatic heterocycles. The van der Waals surface area contributed by atoms with E-state index in [1.807, 2.05) is 12.1 Å². The monoisotopic (exact) mass is 290 g/mol. The molecule has 5 heteroatoms. The summed E-state index contributed by atoms with van der Waals surface area (Å²) in [6.45, 7) is 4.46. The molecule has 1 aromatic carbocycles. The van der Waals surface area contributed by atoms with Crippen LogP contribution in [0.2, 0.25) is 0 Å². The van der Waals surface area contributed by atoms with Crippen molar-refractivity contribution in [3.63, 3.8) is 0 Å². The van der Waals surface area contributed by atoms with Gasteiger partial charge >= 0.3 is 5.97 Å². The molecular formula is C16H22N2O3. The Morgan fingerprint density at radius 3 is 2.67 bits per heavy atom. The largest absolute Gasteiger partial charge is 0.469 e. The number of hydrogen-bond donors (Lipinski definition) is 2. The van der Waals surface area contributed by atoms with E-state index >= 15 is 0 Å². The van der Waals surface area contributed by atoms with Crippen LogP contribution >= 0.6 is 0 Å². The lowest BCUT2D eigenvalue weighted by Gasteiger charge is -2.27. The summed E-state index contributed by atoms with van der Waals surface area (Å²) in [6.07, 6.45) is 0.667. The van der Waals surface area contributed by atoms with E-state index in [-0.39, 0.29) is 24.5 Å². The zero-order valence-corrected chi connectivity index (χ0v) is 12.7. The molecule has 0 saturated heterocycles. The average Bonchev–Trinajstić information content (AvgIpc) is 2.51. The van der Waals surface area contributed by atoms with Crippen molar-refractivity contribution in [1.82, 2.24) is 10.6 Å². The van der Waals surface area contributed by atoms with Crippen LogP contribution in [0.1, 0.15) is 25.0 Å². The highest BCUT2D eigenvalue weighted by atomic mass is 16.5. The summed E-state index contributed by atoms with van der Waals surface area (Å²) in [5.74, 6) is -0.411. The van der Waals surface area contributed by atoms with Crippen molar-refractivity contribution >= 4 is 11.9 Å². The Morgan fingerprint density at radius 2 is 2.00 bits per heavy atom. The summed E-state index contributed by atoms with van der Waals surface area (Å²) in [5, 5.41) is 6.06. The van der Waals surface area contributed by atoms with E-state index in [2.05, 4.69) is 22.8 Å². The van der Waals surface area contributed by atoms with Crippen molar-refractivity contribution < 1.29 is 14.3 Å². The number of esters is 1. The van der Waals surface area contributed by atoms with Crippen LogP contribution in [0.25, 0.3) is 0 Å². The molecule has 0 fully saturated rings. The topological polar surface area (TPSA) is 67.4 Å². The molecule has 5 nitrogen and oxygen atoms in total. The predicted octanol–water partition coefficient (Wildman–Crippen LogP) is 1.02. The maximum atomic E-state index is 12.2. The van der Waals surface area contributed by atoms with Gasteiger partial charge in [-0.05, 0) is 31.4 Å². The lowest BCUT2D eigenvalue weighted by Crippen LogP contribution is -2.50. The first kappa shape index (κ1) is 15.5. The molecule has 1 heterocycles. The molecule has 1 aromatic rings. The zero-order valence-electron chi connectivity index (χ0n) is 12.7. The molecule has 0 aliphatic carbocycles. The van der Waals surface area contributed by atoms with E-state index in [1.165, 1.54) is 18.2 Å². The van der Waals surface area contributed by atoms with Crippen LogP contribution in [0.5, 0.6) is 0 Å². The van der Waals surface area contributed by atoms with Crippen LogP contribution in [0, 0.1) is 5.41 Å². The number of hydrogen-bond acceptors (Lipinski definition) is 4. The summed E-state index contributed by atoms with van der Waals surface area (Å²) in [6, 6.07) is 7.85. The third kappa shape index (κ3) is 3.61. The van der Waals surface area contributed by atoms with Gasteiger partial charge in [0.2, 0.25) is 5.91 Å². The van der Waals surface area contributed by atoms with Crippen LogP contribution < -0.4 is 10.6 Å². The number of rotatable bonds is 4. The van der Waals surface area contributed by atoms with Gasteiger partial charge in [0.25, 0.3) is 0 Å². The highest BCUT2D eigenvalue weighted by Crippen LogP contribution is 2.18. The lowest BCUT2D eigenvalue weighted by molar-refractivity contribution is -0.150. The van der Waals surface area contributed by atoms with Crippen LogP contribution in [0.15, 0.2) is 24.3 Å². The number of amides is 1. The van der Waals surface area contributed by atoms with Gasteiger partial charge in [-0.25, -0.2) is 0 Å². The van der Waals surface area contributed by atoms with Gasteiger partial charge in [0, 0.05) is 13.1 Å². The van der Waals surface area contributed by atoms with Gasteiger partial charge in [0.15, 0.2) is 0 Å². The third-order valence-electron chi connectivity index (χ3n) is 3.84. The van der Waals surface area contributed by atoms with Gasteiger partial charge in [0.1, 0.15) is 0 Å². The minimum atomic E-state index is -0.725. The van der Waals surface area contributed by atoms with Gasteiger partial charge in [-0.15, -0.1) is 0 Å². The van der Waals surface area contributed by atoms with E-state index in [1.54, 1.807) is 13.8 Å². The molecule has 1 amide bonds. The predicted molar refractivity (Wildman–Crippen MR) is 79.6 cm³/mol. The number of carbonyl (C=O) groups is 2. The van der Waals surface area contributed by atoms with Gasteiger partial charge in [0.05, 0.1) is 18.6 Å². The van der Waals surface area contributed by atoms with E-state index < -0.39 is 5.41 Å². The fraction of sp³-hybridized carbons (Fsp3) is 0.500. The Balaban J connectivity index is 1.92. The SMILES string of the molecule is COC(=O)C(C)(C)CNC(=O)C1Cc2ccccc2CN1. The van der Waals surface area contributed by atoms with Crippen molar-refractivity contribution in [3.8, 4) is 0 Å². The van der Waals surface area contributed by atoms with Gasteiger partial charge < -0.3 is 15.4 Å². The van der Waals surface area contributed by atoms with Gasteiger partial charge in [-0.2, -0.15) is 0 Å². The normalized spacial score (nSPS) is 17.8.